The van der Waals surface area contributed by atoms with Gasteiger partial charge in [-0.2, -0.15) is 4.31 Å². The lowest BCUT2D eigenvalue weighted by molar-refractivity contribution is -0.117. The molecule has 186 valence electrons. The van der Waals surface area contributed by atoms with Crippen molar-refractivity contribution >= 4 is 21.6 Å². The van der Waals surface area contributed by atoms with Crippen LogP contribution >= 0.6 is 0 Å². The highest BCUT2D eigenvalue weighted by atomic mass is 32.2. The van der Waals surface area contributed by atoms with Crippen molar-refractivity contribution < 1.29 is 22.7 Å². The van der Waals surface area contributed by atoms with Crippen molar-refractivity contribution in [2.75, 3.05) is 45.2 Å². The summed E-state index contributed by atoms with van der Waals surface area (Å²) in [6.07, 6.45) is 1.97. The second-order valence-electron chi connectivity index (χ2n) is 8.14. The van der Waals surface area contributed by atoms with E-state index in [1.54, 1.807) is 40.0 Å². The van der Waals surface area contributed by atoms with E-state index in [4.69, 9.17) is 9.47 Å². The molecule has 1 amide bonds. The first-order valence-electron chi connectivity index (χ1n) is 11.8. The van der Waals surface area contributed by atoms with Crippen molar-refractivity contribution in [3.05, 3.63) is 48.0 Å². The number of amides is 1. The Morgan fingerprint density at radius 1 is 1.15 bits per heavy atom. The van der Waals surface area contributed by atoms with Crippen LogP contribution in [-0.2, 0) is 14.8 Å². The van der Waals surface area contributed by atoms with Gasteiger partial charge in [0, 0.05) is 24.8 Å². The Bertz CT molecular complexity index is 1090. The van der Waals surface area contributed by atoms with Gasteiger partial charge in [0.15, 0.2) is 0 Å². The normalized spacial score (nSPS) is 16.6. The minimum Gasteiger partial charge on any atom is -0.497 e. The van der Waals surface area contributed by atoms with Gasteiger partial charge in [-0.05, 0) is 62.2 Å². The highest BCUT2D eigenvalue weighted by molar-refractivity contribution is 7.89. The fourth-order valence-electron chi connectivity index (χ4n) is 4.39. The number of carbonyl (C=O) groups excluding carboxylic acids is 1. The number of hydrogen-bond donors (Lipinski definition) is 1. The number of likely N-dealkylation sites (tertiary alicyclic amines) is 1. The zero-order valence-electron chi connectivity index (χ0n) is 20.4. The maximum atomic E-state index is 13.2. The number of hydrogen-bond acceptors (Lipinski definition) is 6. The lowest BCUT2D eigenvalue weighted by atomic mass is 10.0. The summed E-state index contributed by atoms with van der Waals surface area (Å²) < 4.78 is 38.6. The number of anilines is 1. The topological polar surface area (TPSA) is 88.2 Å². The summed E-state index contributed by atoms with van der Waals surface area (Å²) in [5.74, 6) is 0.889. The highest BCUT2D eigenvalue weighted by Crippen LogP contribution is 2.34. The van der Waals surface area contributed by atoms with Crippen LogP contribution in [0, 0.1) is 0 Å². The fourth-order valence-corrected chi connectivity index (χ4v) is 6.01. The summed E-state index contributed by atoms with van der Waals surface area (Å²) in [5.41, 5.74) is 1.55. The van der Waals surface area contributed by atoms with E-state index in [0.29, 0.717) is 25.4 Å². The van der Waals surface area contributed by atoms with Gasteiger partial charge >= 0.3 is 0 Å². The Balaban J connectivity index is 1.77. The molecule has 8 nitrogen and oxygen atoms in total. The Kier molecular flexibility index (Phi) is 8.93. The first-order chi connectivity index (χ1) is 16.3. The van der Waals surface area contributed by atoms with Crippen molar-refractivity contribution in [2.24, 2.45) is 0 Å². The lowest BCUT2D eigenvalue weighted by Gasteiger charge is -2.25. The second-order valence-corrected chi connectivity index (χ2v) is 10.0. The van der Waals surface area contributed by atoms with Gasteiger partial charge in [-0.15, -0.1) is 0 Å². The number of ether oxygens (including phenoxy) is 2. The zero-order valence-corrected chi connectivity index (χ0v) is 21.2. The molecule has 1 fully saturated rings. The van der Waals surface area contributed by atoms with Gasteiger partial charge in [0.05, 0.1) is 20.3 Å². The van der Waals surface area contributed by atoms with Crippen LogP contribution in [-0.4, -0.2) is 63.4 Å². The van der Waals surface area contributed by atoms with Gasteiger partial charge in [-0.3, -0.25) is 9.69 Å². The van der Waals surface area contributed by atoms with E-state index in [0.717, 1.165) is 30.7 Å². The summed E-state index contributed by atoms with van der Waals surface area (Å²) in [6, 6.07) is 12.8. The summed E-state index contributed by atoms with van der Waals surface area (Å²) in [4.78, 5) is 15.1. The number of sulfonamides is 1. The average molecular weight is 490 g/mol. The Labute approximate surface area is 202 Å². The lowest BCUT2D eigenvalue weighted by Crippen LogP contribution is -2.33. The molecule has 1 unspecified atom stereocenters. The molecule has 2 aromatic rings. The molecule has 1 heterocycles. The van der Waals surface area contributed by atoms with Gasteiger partial charge in [0.1, 0.15) is 16.4 Å². The van der Waals surface area contributed by atoms with Crippen molar-refractivity contribution in [2.45, 2.75) is 44.6 Å². The molecule has 0 aromatic heterocycles. The van der Waals surface area contributed by atoms with Gasteiger partial charge < -0.3 is 14.8 Å². The van der Waals surface area contributed by atoms with E-state index >= 15 is 0 Å². The Morgan fingerprint density at radius 2 is 1.91 bits per heavy atom. The smallest absolute Gasteiger partial charge is 0.246 e. The zero-order chi connectivity index (χ0) is 24.7. The molecular formula is C25H35N3O5S. The van der Waals surface area contributed by atoms with Crippen LogP contribution < -0.4 is 14.8 Å². The van der Waals surface area contributed by atoms with Crippen LogP contribution in [0.15, 0.2) is 47.4 Å². The van der Waals surface area contributed by atoms with Gasteiger partial charge in [-0.25, -0.2) is 8.42 Å². The molecule has 2 aromatic carbocycles. The molecule has 3 rings (SSSR count). The van der Waals surface area contributed by atoms with E-state index in [1.165, 1.54) is 10.4 Å². The maximum Gasteiger partial charge on any atom is 0.246 e. The predicted octanol–water partition coefficient (Wildman–Crippen LogP) is 3.90. The quantitative estimate of drug-likeness (QED) is 0.515. The van der Waals surface area contributed by atoms with Crippen LogP contribution in [0.1, 0.15) is 45.2 Å². The van der Waals surface area contributed by atoms with Crippen molar-refractivity contribution in [3.63, 3.8) is 0 Å². The molecule has 0 radical (unpaired) electrons. The largest absolute Gasteiger partial charge is 0.497 e. The molecule has 1 saturated heterocycles. The van der Waals surface area contributed by atoms with Crippen LogP contribution in [0.4, 0.5) is 5.69 Å². The van der Waals surface area contributed by atoms with E-state index in [2.05, 4.69) is 16.3 Å². The monoisotopic (exact) mass is 489 g/mol. The molecular weight excluding hydrogens is 454 g/mol. The molecule has 1 aliphatic heterocycles. The predicted molar refractivity (Wildman–Crippen MR) is 133 cm³/mol. The summed E-state index contributed by atoms with van der Waals surface area (Å²) in [5, 5.41) is 2.88. The van der Waals surface area contributed by atoms with Gasteiger partial charge in [0.2, 0.25) is 15.9 Å². The van der Waals surface area contributed by atoms with E-state index in [1.807, 2.05) is 18.2 Å². The van der Waals surface area contributed by atoms with Crippen molar-refractivity contribution in [1.29, 1.82) is 0 Å². The Morgan fingerprint density at radius 3 is 2.59 bits per heavy atom. The van der Waals surface area contributed by atoms with E-state index in [9.17, 15) is 13.2 Å². The minimum absolute atomic E-state index is 0.0614. The third-order valence-electron chi connectivity index (χ3n) is 6.04. The number of nitrogens with zero attached hydrogens (tertiary/aromatic N) is 2. The van der Waals surface area contributed by atoms with Crippen LogP contribution in [0.3, 0.4) is 0 Å². The van der Waals surface area contributed by atoms with Crippen LogP contribution in [0.5, 0.6) is 11.5 Å². The number of methoxy groups -OCH3 is 1. The number of carbonyl (C=O) groups is 1. The summed E-state index contributed by atoms with van der Waals surface area (Å²) in [6.45, 7) is 7.46. The molecule has 1 N–H and O–H groups in total. The molecule has 0 bridgehead atoms. The number of nitrogens with one attached hydrogen (secondary N) is 1. The third-order valence-corrected chi connectivity index (χ3v) is 8.11. The first-order valence-corrected chi connectivity index (χ1v) is 13.2. The van der Waals surface area contributed by atoms with Crippen molar-refractivity contribution in [1.82, 2.24) is 9.21 Å². The van der Waals surface area contributed by atoms with E-state index in [-0.39, 0.29) is 29.1 Å². The standard InChI is InChI=1S/C25H35N3O5S/c1-5-28(6-2)34(30,31)24-17-20(13-14-23(24)33-7-3)26-25(29)18-27-15-9-12-22(27)19-10-8-11-21(16-19)32-4/h8,10-11,13-14,16-17,22H,5-7,9,12,15,18H2,1-4H3,(H,26,29). The molecule has 0 spiro atoms. The SMILES string of the molecule is CCOc1ccc(NC(=O)CN2CCCC2c2cccc(OC)c2)cc1S(=O)(=O)N(CC)CC. The first kappa shape index (κ1) is 26.0. The molecule has 1 atom stereocenters. The molecule has 9 heteroatoms. The average Bonchev–Trinajstić information content (AvgIpc) is 3.28. The molecule has 34 heavy (non-hydrogen) atoms. The second kappa shape index (κ2) is 11.7. The highest BCUT2D eigenvalue weighted by Gasteiger charge is 2.29. The number of rotatable bonds is 11. The Hall–Kier alpha value is -2.62. The summed E-state index contributed by atoms with van der Waals surface area (Å²) in [7, 11) is -2.11. The molecule has 0 aliphatic carbocycles. The molecule has 1 aliphatic rings. The van der Waals surface area contributed by atoms with Crippen molar-refractivity contribution in [3.8, 4) is 11.5 Å². The maximum absolute atomic E-state index is 13.2. The molecule has 0 saturated carbocycles. The van der Waals surface area contributed by atoms with Crippen LogP contribution in [0.25, 0.3) is 0 Å². The van der Waals surface area contributed by atoms with E-state index < -0.39 is 10.0 Å². The number of benzene rings is 2. The van der Waals surface area contributed by atoms with Gasteiger partial charge in [-0.1, -0.05) is 26.0 Å². The van der Waals surface area contributed by atoms with Gasteiger partial charge in [0.25, 0.3) is 0 Å². The minimum atomic E-state index is -3.75. The summed E-state index contributed by atoms with van der Waals surface area (Å²) >= 11 is 0. The fraction of sp³-hybridized carbons (Fsp3) is 0.480. The third kappa shape index (κ3) is 5.89. The van der Waals surface area contributed by atoms with Crippen LogP contribution in [0.2, 0.25) is 0 Å².